The fourth-order valence-electron chi connectivity index (χ4n) is 5.40. The fourth-order valence-corrected chi connectivity index (χ4v) is 5.40. The Hall–Kier alpha value is -3.06. The van der Waals surface area contributed by atoms with Crippen molar-refractivity contribution in [3.05, 3.63) is 112 Å². The number of hydrogen-bond donors (Lipinski definition) is 1. The number of anilines is 1. The molecule has 2 N–H and O–H groups in total. The molecule has 182 valence electrons. The lowest BCUT2D eigenvalue weighted by Gasteiger charge is -2.28. The summed E-state index contributed by atoms with van der Waals surface area (Å²) in [5.41, 5.74) is 19.6. The second-order valence-corrected chi connectivity index (χ2v) is 10.8. The van der Waals surface area contributed by atoms with Crippen molar-refractivity contribution in [3.8, 4) is 0 Å². The summed E-state index contributed by atoms with van der Waals surface area (Å²) in [7, 11) is 0. The molecule has 0 bridgehead atoms. The summed E-state index contributed by atoms with van der Waals surface area (Å²) in [5.74, 6) is 0. The van der Waals surface area contributed by atoms with Gasteiger partial charge in [-0.25, -0.2) is 0 Å². The quantitative estimate of drug-likeness (QED) is 0.317. The Kier molecular flexibility index (Phi) is 7.65. The molecule has 0 aliphatic heterocycles. The van der Waals surface area contributed by atoms with Crippen LogP contribution in [0.15, 0.2) is 67.3 Å². The second-order valence-electron chi connectivity index (χ2n) is 10.8. The van der Waals surface area contributed by atoms with Crippen LogP contribution >= 0.6 is 0 Å². The molecule has 1 aliphatic carbocycles. The SMILES string of the molecule is C=C(CCc1c(CC)ccc2c1C=CC(C)(C)C2)c1ccc(CC)cc1CCc1ccc(N)cc1. The number of nitrogen functional groups attached to an aromatic ring is 1. The fraction of sp³-hybridized carbons (Fsp3) is 0.353. The Morgan fingerprint density at radius 1 is 0.857 bits per heavy atom. The topological polar surface area (TPSA) is 26.0 Å². The molecule has 0 spiro atoms. The van der Waals surface area contributed by atoms with E-state index < -0.39 is 0 Å². The van der Waals surface area contributed by atoms with Crippen LogP contribution in [0.3, 0.4) is 0 Å². The summed E-state index contributed by atoms with van der Waals surface area (Å²) in [4.78, 5) is 0. The summed E-state index contributed by atoms with van der Waals surface area (Å²) in [6, 6.07) is 20.0. The number of benzene rings is 3. The molecule has 0 aromatic heterocycles. The lowest BCUT2D eigenvalue weighted by atomic mass is 9.76. The number of hydrogen-bond acceptors (Lipinski definition) is 1. The molecule has 3 aromatic rings. The van der Waals surface area contributed by atoms with E-state index in [1.54, 1.807) is 0 Å². The van der Waals surface area contributed by atoms with Gasteiger partial charge in [0.1, 0.15) is 0 Å². The molecule has 1 heteroatoms. The van der Waals surface area contributed by atoms with Gasteiger partial charge in [-0.05, 0) is 113 Å². The zero-order valence-corrected chi connectivity index (χ0v) is 22.1. The van der Waals surface area contributed by atoms with E-state index in [9.17, 15) is 0 Å². The van der Waals surface area contributed by atoms with Crippen molar-refractivity contribution < 1.29 is 0 Å². The van der Waals surface area contributed by atoms with E-state index in [0.29, 0.717) is 0 Å². The Morgan fingerprint density at radius 3 is 2.31 bits per heavy atom. The number of aryl methyl sites for hydroxylation is 4. The maximum atomic E-state index is 5.88. The van der Waals surface area contributed by atoms with Crippen molar-refractivity contribution in [2.24, 2.45) is 5.41 Å². The minimum atomic E-state index is 0.238. The van der Waals surface area contributed by atoms with Gasteiger partial charge in [0.2, 0.25) is 0 Å². The van der Waals surface area contributed by atoms with Crippen LogP contribution in [0, 0.1) is 5.41 Å². The molecule has 0 saturated carbocycles. The first-order valence-electron chi connectivity index (χ1n) is 13.3. The van der Waals surface area contributed by atoms with Crippen molar-refractivity contribution in [1.29, 1.82) is 0 Å². The van der Waals surface area contributed by atoms with Crippen molar-refractivity contribution >= 4 is 17.3 Å². The predicted octanol–water partition coefficient (Wildman–Crippen LogP) is 8.42. The van der Waals surface area contributed by atoms with Gasteiger partial charge < -0.3 is 5.73 Å². The Labute approximate surface area is 212 Å². The number of rotatable bonds is 9. The summed E-state index contributed by atoms with van der Waals surface area (Å²) in [6.07, 6.45) is 12.1. The van der Waals surface area contributed by atoms with Crippen LogP contribution in [0.5, 0.6) is 0 Å². The molecule has 0 radical (unpaired) electrons. The van der Waals surface area contributed by atoms with E-state index in [1.807, 2.05) is 12.1 Å². The van der Waals surface area contributed by atoms with Crippen LogP contribution in [0.4, 0.5) is 5.69 Å². The van der Waals surface area contributed by atoms with Crippen LogP contribution < -0.4 is 5.73 Å². The highest BCUT2D eigenvalue weighted by Gasteiger charge is 2.23. The third-order valence-corrected chi connectivity index (χ3v) is 7.57. The molecule has 0 amide bonds. The average molecular weight is 464 g/mol. The van der Waals surface area contributed by atoms with Crippen molar-refractivity contribution in [2.75, 3.05) is 5.73 Å². The third kappa shape index (κ3) is 5.96. The molecule has 0 fully saturated rings. The van der Waals surface area contributed by atoms with E-state index in [4.69, 9.17) is 5.73 Å². The minimum Gasteiger partial charge on any atom is -0.399 e. The lowest BCUT2D eigenvalue weighted by Crippen LogP contribution is -2.17. The molecule has 4 rings (SSSR count). The molecule has 1 aliphatic rings. The van der Waals surface area contributed by atoms with Gasteiger partial charge in [0.15, 0.2) is 0 Å². The van der Waals surface area contributed by atoms with Crippen LogP contribution in [0.25, 0.3) is 11.6 Å². The Morgan fingerprint density at radius 2 is 1.60 bits per heavy atom. The minimum absolute atomic E-state index is 0.238. The first kappa shape index (κ1) is 25.0. The van der Waals surface area contributed by atoms with Gasteiger partial charge in [0.05, 0.1) is 0 Å². The van der Waals surface area contributed by atoms with E-state index in [1.165, 1.54) is 50.1 Å². The molecule has 1 nitrogen and oxygen atoms in total. The molecular weight excluding hydrogens is 422 g/mol. The molecule has 3 aromatic carbocycles. The smallest absolute Gasteiger partial charge is 0.0314 e. The highest BCUT2D eigenvalue weighted by Crippen LogP contribution is 2.36. The predicted molar refractivity (Wildman–Crippen MR) is 154 cm³/mol. The van der Waals surface area contributed by atoms with Gasteiger partial charge in [0.25, 0.3) is 0 Å². The van der Waals surface area contributed by atoms with E-state index >= 15 is 0 Å². The standard InChI is InChI=1S/C34H41N/c1-6-25-12-19-31(28(22-25)13-9-26-10-16-30(35)17-11-26)24(3)8-18-32-27(7-2)14-15-29-23-34(4,5)21-20-33(29)32/h10-12,14-17,19-22H,3,6-9,13,18,23,35H2,1-2,4-5H3. The zero-order chi connectivity index (χ0) is 25.0. The number of nitrogens with two attached hydrogens (primary N) is 1. The molecule has 0 unspecified atom stereocenters. The summed E-state index contributed by atoms with van der Waals surface area (Å²) >= 11 is 0. The molecule has 0 heterocycles. The second kappa shape index (κ2) is 10.7. The number of allylic oxidation sites excluding steroid dienone is 2. The largest absolute Gasteiger partial charge is 0.399 e. The first-order chi connectivity index (χ1) is 16.8. The third-order valence-electron chi connectivity index (χ3n) is 7.57. The highest BCUT2D eigenvalue weighted by atomic mass is 14.5. The Balaban J connectivity index is 1.55. The van der Waals surface area contributed by atoms with Crippen molar-refractivity contribution in [2.45, 2.75) is 72.6 Å². The maximum Gasteiger partial charge on any atom is 0.0314 e. The van der Waals surface area contributed by atoms with Gasteiger partial charge >= 0.3 is 0 Å². The average Bonchev–Trinajstić information content (AvgIpc) is 2.85. The van der Waals surface area contributed by atoms with Gasteiger partial charge in [-0.2, -0.15) is 0 Å². The van der Waals surface area contributed by atoms with Crippen molar-refractivity contribution in [3.63, 3.8) is 0 Å². The maximum absolute atomic E-state index is 5.88. The molecule has 35 heavy (non-hydrogen) atoms. The van der Waals surface area contributed by atoms with E-state index in [2.05, 4.69) is 88.9 Å². The Bertz CT molecular complexity index is 1220. The van der Waals surface area contributed by atoms with Gasteiger partial charge in [-0.15, -0.1) is 0 Å². The lowest BCUT2D eigenvalue weighted by molar-refractivity contribution is 0.474. The van der Waals surface area contributed by atoms with Gasteiger partial charge in [0, 0.05) is 5.69 Å². The summed E-state index contributed by atoms with van der Waals surface area (Å²) in [6.45, 7) is 13.7. The molecule has 0 atom stereocenters. The zero-order valence-electron chi connectivity index (χ0n) is 22.1. The van der Waals surface area contributed by atoms with E-state index in [-0.39, 0.29) is 5.41 Å². The first-order valence-corrected chi connectivity index (χ1v) is 13.3. The molecule has 0 saturated heterocycles. The monoisotopic (exact) mass is 463 g/mol. The normalized spacial score (nSPS) is 14.1. The van der Waals surface area contributed by atoms with Crippen LogP contribution in [0.1, 0.15) is 78.6 Å². The highest BCUT2D eigenvalue weighted by molar-refractivity contribution is 5.69. The number of fused-ring (bicyclic) bond motifs is 1. The summed E-state index contributed by atoms with van der Waals surface area (Å²) < 4.78 is 0. The van der Waals surface area contributed by atoms with Crippen LogP contribution in [-0.2, 0) is 38.5 Å². The summed E-state index contributed by atoms with van der Waals surface area (Å²) in [5, 5.41) is 0. The van der Waals surface area contributed by atoms with Gasteiger partial charge in [-0.1, -0.05) is 88.9 Å². The van der Waals surface area contributed by atoms with Gasteiger partial charge in [-0.3, -0.25) is 0 Å². The van der Waals surface area contributed by atoms with Crippen molar-refractivity contribution in [1.82, 2.24) is 0 Å². The van der Waals surface area contributed by atoms with Crippen LogP contribution in [-0.4, -0.2) is 0 Å². The van der Waals surface area contributed by atoms with E-state index in [0.717, 1.165) is 50.6 Å². The molecular formula is C34H41N. The van der Waals surface area contributed by atoms with Crippen LogP contribution in [0.2, 0.25) is 0 Å².